The summed E-state index contributed by atoms with van der Waals surface area (Å²) >= 11 is 0. The molecule has 0 radical (unpaired) electrons. The lowest BCUT2D eigenvalue weighted by Crippen LogP contribution is -2.29. The molecule has 2 N–H and O–H groups in total. The summed E-state index contributed by atoms with van der Waals surface area (Å²) in [6, 6.07) is 15.2. The van der Waals surface area contributed by atoms with Gasteiger partial charge in [0.05, 0.1) is 0 Å². The minimum atomic E-state index is -1.42. The lowest BCUT2D eigenvalue weighted by atomic mass is 9.80. The second kappa shape index (κ2) is 7.30. The summed E-state index contributed by atoms with van der Waals surface area (Å²) < 4.78 is 5.74. The fraction of sp³-hybridized carbons (Fsp3) is 0.294. The smallest absolute Gasteiger partial charge is 0.488 e. The van der Waals surface area contributed by atoms with Gasteiger partial charge in [0.2, 0.25) is 0 Å². The molecule has 3 nitrogen and oxygen atoms in total. The minimum absolute atomic E-state index is 0.463. The monoisotopic (exact) mass is 284 g/mol. The van der Waals surface area contributed by atoms with Crippen molar-refractivity contribution in [3.05, 3.63) is 59.7 Å². The number of rotatable bonds is 6. The van der Waals surface area contributed by atoms with E-state index in [1.165, 1.54) is 5.56 Å². The third kappa shape index (κ3) is 4.35. The summed E-state index contributed by atoms with van der Waals surface area (Å²) in [5, 5.41) is 18.1. The quantitative estimate of drug-likeness (QED) is 0.801. The fourth-order valence-electron chi connectivity index (χ4n) is 2.08. The molecule has 0 bridgehead atoms. The molecule has 0 aromatic heterocycles. The lowest BCUT2D eigenvalue weighted by molar-refractivity contribution is 0.306. The molecule has 1 unspecified atom stereocenters. The van der Waals surface area contributed by atoms with E-state index in [1.807, 2.05) is 24.3 Å². The highest BCUT2D eigenvalue weighted by atomic mass is 16.5. The van der Waals surface area contributed by atoms with Crippen LogP contribution in [0.4, 0.5) is 0 Å². The molecular weight excluding hydrogens is 263 g/mol. The summed E-state index contributed by atoms with van der Waals surface area (Å²) in [4.78, 5) is 0. The first-order valence-electron chi connectivity index (χ1n) is 7.28. The van der Waals surface area contributed by atoms with Gasteiger partial charge in [-0.1, -0.05) is 50.2 Å². The van der Waals surface area contributed by atoms with E-state index in [0.717, 1.165) is 17.7 Å². The summed E-state index contributed by atoms with van der Waals surface area (Å²) in [7, 11) is -1.42. The Morgan fingerprint density at radius 3 is 2.14 bits per heavy atom. The van der Waals surface area contributed by atoms with E-state index in [9.17, 15) is 0 Å². The van der Waals surface area contributed by atoms with E-state index >= 15 is 0 Å². The van der Waals surface area contributed by atoms with E-state index in [-0.39, 0.29) is 0 Å². The molecule has 0 heterocycles. The van der Waals surface area contributed by atoms with Gasteiger partial charge in [-0.2, -0.15) is 0 Å². The van der Waals surface area contributed by atoms with Crippen LogP contribution in [-0.2, 0) is 6.61 Å². The van der Waals surface area contributed by atoms with E-state index in [1.54, 1.807) is 12.1 Å². The number of hydrogen-bond donors (Lipinski definition) is 2. The Morgan fingerprint density at radius 2 is 1.62 bits per heavy atom. The Balaban J connectivity index is 1.93. The van der Waals surface area contributed by atoms with Crippen LogP contribution in [0.2, 0.25) is 0 Å². The van der Waals surface area contributed by atoms with Crippen LogP contribution in [0.1, 0.15) is 37.3 Å². The Bertz CT molecular complexity index is 549. The number of ether oxygens (including phenoxy) is 1. The number of benzene rings is 2. The molecule has 0 fully saturated rings. The first-order valence-corrected chi connectivity index (χ1v) is 7.28. The van der Waals surface area contributed by atoms with Crippen molar-refractivity contribution < 1.29 is 14.8 Å². The predicted molar refractivity (Wildman–Crippen MR) is 85.7 cm³/mol. The van der Waals surface area contributed by atoms with E-state index in [0.29, 0.717) is 18.0 Å². The maximum absolute atomic E-state index is 9.04. The van der Waals surface area contributed by atoms with Crippen molar-refractivity contribution in [1.82, 2.24) is 0 Å². The van der Waals surface area contributed by atoms with Gasteiger partial charge >= 0.3 is 7.12 Å². The van der Waals surface area contributed by atoms with Crippen molar-refractivity contribution in [2.75, 3.05) is 0 Å². The highest BCUT2D eigenvalue weighted by Gasteiger charge is 2.09. The van der Waals surface area contributed by atoms with Crippen LogP contribution < -0.4 is 10.2 Å². The van der Waals surface area contributed by atoms with Crippen LogP contribution in [-0.4, -0.2) is 17.2 Å². The summed E-state index contributed by atoms with van der Waals surface area (Å²) in [5.41, 5.74) is 2.80. The van der Waals surface area contributed by atoms with Crippen LogP contribution in [0.5, 0.6) is 5.75 Å². The highest BCUT2D eigenvalue weighted by molar-refractivity contribution is 6.58. The third-order valence-corrected chi connectivity index (χ3v) is 3.74. The lowest BCUT2D eigenvalue weighted by Gasteiger charge is -2.11. The van der Waals surface area contributed by atoms with E-state index in [4.69, 9.17) is 14.8 Å². The zero-order chi connectivity index (χ0) is 15.2. The normalized spacial score (nSPS) is 12.0. The van der Waals surface area contributed by atoms with Crippen molar-refractivity contribution in [3.63, 3.8) is 0 Å². The van der Waals surface area contributed by atoms with Crippen molar-refractivity contribution in [2.45, 2.75) is 32.8 Å². The Kier molecular flexibility index (Phi) is 5.42. The second-order valence-corrected chi connectivity index (χ2v) is 5.28. The van der Waals surface area contributed by atoms with E-state index < -0.39 is 7.12 Å². The molecule has 21 heavy (non-hydrogen) atoms. The summed E-state index contributed by atoms with van der Waals surface area (Å²) in [5.74, 6) is 1.41. The van der Waals surface area contributed by atoms with Gasteiger partial charge in [-0.05, 0) is 41.1 Å². The topological polar surface area (TPSA) is 49.7 Å². The third-order valence-electron chi connectivity index (χ3n) is 3.74. The van der Waals surface area contributed by atoms with Crippen LogP contribution in [0, 0.1) is 0 Å². The average Bonchev–Trinajstić information content (AvgIpc) is 2.53. The van der Waals surface area contributed by atoms with Crippen molar-refractivity contribution >= 4 is 12.6 Å². The first-order chi connectivity index (χ1) is 10.1. The first kappa shape index (κ1) is 15.6. The SMILES string of the molecule is CCC(C)c1ccc(OCc2ccc(B(O)O)cc2)cc1. The second-order valence-electron chi connectivity index (χ2n) is 5.28. The van der Waals surface area contributed by atoms with Gasteiger partial charge in [-0.15, -0.1) is 0 Å². The van der Waals surface area contributed by atoms with Crippen molar-refractivity contribution in [3.8, 4) is 5.75 Å². The maximum atomic E-state index is 9.04. The minimum Gasteiger partial charge on any atom is -0.489 e. The molecule has 2 rings (SSSR count). The molecule has 0 aliphatic carbocycles. The molecule has 0 saturated heterocycles. The van der Waals surface area contributed by atoms with Gasteiger partial charge in [0, 0.05) is 0 Å². The predicted octanol–water partition coefficient (Wildman–Crippen LogP) is 2.46. The zero-order valence-electron chi connectivity index (χ0n) is 12.5. The van der Waals surface area contributed by atoms with Crippen LogP contribution in [0.15, 0.2) is 48.5 Å². The Morgan fingerprint density at radius 1 is 1.00 bits per heavy atom. The summed E-state index contributed by atoms with van der Waals surface area (Å²) in [6.45, 7) is 4.86. The van der Waals surface area contributed by atoms with Gasteiger partial charge < -0.3 is 14.8 Å². The highest BCUT2D eigenvalue weighted by Crippen LogP contribution is 2.21. The number of hydrogen-bond acceptors (Lipinski definition) is 3. The average molecular weight is 284 g/mol. The Labute approximate surface area is 126 Å². The van der Waals surface area contributed by atoms with Gasteiger partial charge in [0.25, 0.3) is 0 Å². The molecule has 4 heteroatoms. The van der Waals surface area contributed by atoms with Crippen molar-refractivity contribution in [2.24, 2.45) is 0 Å². The molecule has 0 aliphatic heterocycles. The van der Waals surface area contributed by atoms with Crippen molar-refractivity contribution in [1.29, 1.82) is 0 Å². The molecule has 0 aliphatic rings. The summed E-state index contributed by atoms with van der Waals surface area (Å²) in [6.07, 6.45) is 1.13. The Hall–Kier alpha value is -1.78. The largest absolute Gasteiger partial charge is 0.489 e. The molecule has 0 spiro atoms. The van der Waals surface area contributed by atoms with E-state index in [2.05, 4.69) is 26.0 Å². The van der Waals surface area contributed by atoms with Gasteiger partial charge in [0.15, 0.2) is 0 Å². The van der Waals surface area contributed by atoms with Gasteiger partial charge in [-0.25, -0.2) is 0 Å². The fourth-order valence-corrected chi connectivity index (χ4v) is 2.08. The molecule has 2 aromatic rings. The standard InChI is InChI=1S/C17H21BO3/c1-3-13(2)15-6-10-17(11-7-15)21-12-14-4-8-16(9-5-14)18(19)20/h4-11,13,19-20H,3,12H2,1-2H3. The molecule has 0 amide bonds. The maximum Gasteiger partial charge on any atom is 0.488 e. The van der Waals surface area contributed by atoms with Crippen LogP contribution in [0.3, 0.4) is 0 Å². The molecular formula is C17H21BO3. The van der Waals surface area contributed by atoms with Gasteiger partial charge in [-0.3, -0.25) is 0 Å². The molecule has 110 valence electrons. The molecule has 1 atom stereocenters. The molecule has 2 aromatic carbocycles. The van der Waals surface area contributed by atoms with Crippen LogP contribution >= 0.6 is 0 Å². The zero-order valence-corrected chi connectivity index (χ0v) is 12.5. The molecule has 0 saturated carbocycles. The van der Waals surface area contributed by atoms with Gasteiger partial charge in [0.1, 0.15) is 12.4 Å². The van der Waals surface area contributed by atoms with Crippen LogP contribution in [0.25, 0.3) is 0 Å².